The molecule has 0 saturated carbocycles. The molecule has 100 valence electrons. The van der Waals surface area contributed by atoms with Crippen molar-refractivity contribution in [3.63, 3.8) is 0 Å². The van der Waals surface area contributed by atoms with Crippen LogP contribution < -0.4 is 0 Å². The van der Waals surface area contributed by atoms with Crippen LogP contribution in [0, 0.1) is 10.1 Å². The summed E-state index contributed by atoms with van der Waals surface area (Å²) in [4.78, 5) is 22.7. The lowest BCUT2D eigenvalue weighted by Gasteiger charge is -2.23. The molecule has 20 heavy (non-hydrogen) atoms. The molecule has 0 radical (unpaired) electrons. The average molecular weight is 267 g/mol. The van der Waals surface area contributed by atoms with Gasteiger partial charge in [0.25, 0.3) is 5.69 Å². The molecule has 4 heteroatoms. The van der Waals surface area contributed by atoms with E-state index in [2.05, 4.69) is 0 Å². The zero-order valence-electron chi connectivity index (χ0n) is 10.8. The van der Waals surface area contributed by atoms with Gasteiger partial charge >= 0.3 is 0 Å². The SMILES string of the molecule is O=C1c2ccccc2CC[C@@H]1c1ccc([N+](=O)[O-])cc1. The molecule has 0 N–H and O–H groups in total. The van der Waals surface area contributed by atoms with Crippen LogP contribution >= 0.6 is 0 Å². The van der Waals surface area contributed by atoms with Gasteiger partial charge in [0.15, 0.2) is 5.78 Å². The fourth-order valence-corrected chi connectivity index (χ4v) is 2.74. The molecule has 0 amide bonds. The molecule has 0 aliphatic heterocycles. The summed E-state index contributed by atoms with van der Waals surface area (Å²) in [6, 6.07) is 14.0. The van der Waals surface area contributed by atoms with Crippen molar-refractivity contribution in [2.24, 2.45) is 0 Å². The molecule has 0 bridgehead atoms. The van der Waals surface area contributed by atoms with Crippen molar-refractivity contribution in [2.45, 2.75) is 18.8 Å². The quantitative estimate of drug-likeness (QED) is 0.618. The number of benzene rings is 2. The maximum Gasteiger partial charge on any atom is 0.269 e. The Bertz CT molecular complexity index is 676. The van der Waals surface area contributed by atoms with Crippen LogP contribution in [0.4, 0.5) is 5.69 Å². The van der Waals surface area contributed by atoms with Gasteiger partial charge in [-0.05, 0) is 24.0 Å². The summed E-state index contributed by atoms with van der Waals surface area (Å²) in [6.45, 7) is 0. The van der Waals surface area contributed by atoms with Crippen molar-refractivity contribution in [3.8, 4) is 0 Å². The highest BCUT2D eigenvalue weighted by atomic mass is 16.6. The largest absolute Gasteiger partial charge is 0.293 e. The predicted molar refractivity (Wildman–Crippen MR) is 74.9 cm³/mol. The third kappa shape index (κ3) is 2.09. The lowest BCUT2D eigenvalue weighted by atomic mass is 9.79. The summed E-state index contributed by atoms with van der Waals surface area (Å²) in [5.74, 6) is -0.0774. The number of ketones is 1. The van der Waals surface area contributed by atoms with Gasteiger partial charge in [-0.2, -0.15) is 0 Å². The van der Waals surface area contributed by atoms with Gasteiger partial charge in [0, 0.05) is 23.6 Å². The third-order valence-electron chi connectivity index (χ3n) is 3.81. The van der Waals surface area contributed by atoms with Crippen molar-refractivity contribution in [1.29, 1.82) is 0 Å². The second kappa shape index (κ2) is 4.89. The summed E-state index contributed by atoms with van der Waals surface area (Å²) in [6.07, 6.45) is 1.62. The van der Waals surface area contributed by atoms with Crippen molar-refractivity contribution in [2.75, 3.05) is 0 Å². The summed E-state index contributed by atoms with van der Waals surface area (Å²) >= 11 is 0. The van der Waals surface area contributed by atoms with E-state index in [9.17, 15) is 14.9 Å². The monoisotopic (exact) mass is 267 g/mol. The Labute approximate surface area is 116 Å². The van der Waals surface area contributed by atoms with Crippen LogP contribution in [0.1, 0.15) is 33.8 Å². The number of rotatable bonds is 2. The van der Waals surface area contributed by atoms with Crippen LogP contribution in [-0.2, 0) is 6.42 Å². The molecular weight excluding hydrogens is 254 g/mol. The molecule has 0 unspecified atom stereocenters. The zero-order chi connectivity index (χ0) is 14.1. The molecule has 3 rings (SSSR count). The van der Waals surface area contributed by atoms with Crippen molar-refractivity contribution >= 4 is 11.5 Å². The van der Waals surface area contributed by atoms with Gasteiger partial charge in [-0.15, -0.1) is 0 Å². The van der Waals surface area contributed by atoms with E-state index in [1.807, 2.05) is 24.3 Å². The lowest BCUT2D eigenvalue weighted by Crippen LogP contribution is -2.20. The number of hydrogen-bond acceptors (Lipinski definition) is 3. The summed E-state index contributed by atoms with van der Waals surface area (Å²) in [7, 11) is 0. The number of nitro benzene ring substituents is 1. The van der Waals surface area contributed by atoms with Crippen LogP contribution in [0.2, 0.25) is 0 Å². The summed E-state index contributed by atoms with van der Waals surface area (Å²) in [5.41, 5.74) is 2.78. The van der Waals surface area contributed by atoms with Crippen molar-refractivity contribution < 1.29 is 9.72 Å². The number of nitro groups is 1. The van der Waals surface area contributed by atoms with Gasteiger partial charge in [0.05, 0.1) is 4.92 Å². The first-order chi connectivity index (χ1) is 9.66. The second-order valence-corrected chi connectivity index (χ2v) is 4.96. The van der Waals surface area contributed by atoms with Gasteiger partial charge < -0.3 is 0 Å². The zero-order valence-corrected chi connectivity index (χ0v) is 10.8. The van der Waals surface area contributed by atoms with Crippen molar-refractivity contribution in [3.05, 3.63) is 75.3 Å². The van der Waals surface area contributed by atoms with E-state index in [0.717, 1.165) is 29.5 Å². The van der Waals surface area contributed by atoms with E-state index >= 15 is 0 Å². The number of aryl methyl sites for hydroxylation is 1. The number of non-ortho nitro benzene ring substituents is 1. The van der Waals surface area contributed by atoms with Crippen LogP contribution in [0.5, 0.6) is 0 Å². The molecule has 1 aliphatic rings. The Morgan fingerprint density at radius 2 is 1.75 bits per heavy atom. The fourth-order valence-electron chi connectivity index (χ4n) is 2.74. The van der Waals surface area contributed by atoms with Crippen LogP contribution in [0.25, 0.3) is 0 Å². The van der Waals surface area contributed by atoms with Crippen LogP contribution in [-0.4, -0.2) is 10.7 Å². The molecule has 1 atom stereocenters. The molecule has 0 aromatic heterocycles. The normalized spacial score (nSPS) is 17.6. The Balaban J connectivity index is 1.92. The Hall–Kier alpha value is -2.49. The molecule has 1 aliphatic carbocycles. The minimum absolute atomic E-state index is 0.0532. The van der Waals surface area contributed by atoms with Crippen LogP contribution in [0.3, 0.4) is 0 Å². The maximum atomic E-state index is 12.5. The second-order valence-electron chi connectivity index (χ2n) is 4.96. The number of fused-ring (bicyclic) bond motifs is 1. The number of hydrogen-bond donors (Lipinski definition) is 0. The molecule has 0 saturated heterocycles. The third-order valence-corrected chi connectivity index (χ3v) is 3.81. The van der Waals surface area contributed by atoms with Gasteiger partial charge in [0.2, 0.25) is 0 Å². The Kier molecular flexibility index (Phi) is 3.06. The van der Waals surface area contributed by atoms with E-state index in [1.165, 1.54) is 12.1 Å². The first kappa shape index (κ1) is 12.5. The molecule has 2 aromatic carbocycles. The topological polar surface area (TPSA) is 60.2 Å². The van der Waals surface area contributed by atoms with E-state index in [-0.39, 0.29) is 17.4 Å². The molecule has 0 spiro atoms. The van der Waals surface area contributed by atoms with E-state index < -0.39 is 4.92 Å². The van der Waals surface area contributed by atoms with Crippen molar-refractivity contribution in [1.82, 2.24) is 0 Å². The van der Waals surface area contributed by atoms with E-state index in [4.69, 9.17) is 0 Å². The lowest BCUT2D eigenvalue weighted by molar-refractivity contribution is -0.384. The molecule has 4 nitrogen and oxygen atoms in total. The molecule has 0 heterocycles. The van der Waals surface area contributed by atoms with E-state index in [1.54, 1.807) is 12.1 Å². The molecular formula is C16H13NO3. The molecule has 0 fully saturated rings. The summed E-state index contributed by atoms with van der Waals surface area (Å²) in [5, 5.41) is 10.7. The van der Waals surface area contributed by atoms with Gasteiger partial charge in [-0.1, -0.05) is 36.4 Å². The first-order valence-electron chi connectivity index (χ1n) is 6.53. The Morgan fingerprint density at radius 1 is 1.05 bits per heavy atom. The standard InChI is InChI=1S/C16H13NO3/c18-16-14-4-2-1-3-11(14)7-10-15(16)12-5-8-13(9-6-12)17(19)20/h1-6,8-9,15H,7,10H2/t15-/m1/s1. The number of nitrogens with zero attached hydrogens (tertiary/aromatic N) is 1. The predicted octanol–water partition coefficient (Wildman–Crippen LogP) is 3.51. The number of carbonyl (C=O) groups excluding carboxylic acids is 1. The first-order valence-corrected chi connectivity index (χ1v) is 6.53. The highest BCUT2D eigenvalue weighted by Gasteiger charge is 2.28. The van der Waals surface area contributed by atoms with Gasteiger partial charge in [-0.25, -0.2) is 0 Å². The Morgan fingerprint density at radius 3 is 2.45 bits per heavy atom. The maximum absolute atomic E-state index is 12.5. The van der Waals surface area contributed by atoms with Gasteiger partial charge in [0.1, 0.15) is 0 Å². The molecule has 2 aromatic rings. The highest BCUT2D eigenvalue weighted by Crippen LogP contribution is 2.33. The minimum atomic E-state index is -0.429. The van der Waals surface area contributed by atoms with Gasteiger partial charge in [-0.3, -0.25) is 14.9 Å². The number of carbonyl (C=O) groups is 1. The minimum Gasteiger partial charge on any atom is -0.293 e. The summed E-state index contributed by atoms with van der Waals surface area (Å²) < 4.78 is 0. The fraction of sp³-hybridized carbons (Fsp3) is 0.188. The smallest absolute Gasteiger partial charge is 0.269 e. The van der Waals surface area contributed by atoms with E-state index in [0.29, 0.717) is 0 Å². The number of Topliss-reactive ketones (excluding diaryl/α,β-unsaturated/α-hetero) is 1. The highest BCUT2D eigenvalue weighted by molar-refractivity contribution is 6.03. The van der Waals surface area contributed by atoms with Crippen LogP contribution in [0.15, 0.2) is 48.5 Å². The average Bonchev–Trinajstić information content (AvgIpc) is 2.48.